The lowest BCUT2D eigenvalue weighted by Gasteiger charge is -2.17. The van der Waals surface area contributed by atoms with E-state index < -0.39 is 0 Å². The van der Waals surface area contributed by atoms with E-state index in [1.165, 1.54) is 11.1 Å². The smallest absolute Gasteiger partial charge is 0.159 e. The van der Waals surface area contributed by atoms with Crippen molar-refractivity contribution in [3.8, 4) is 17.1 Å². The molecule has 1 unspecified atom stereocenters. The van der Waals surface area contributed by atoms with Gasteiger partial charge < -0.3 is 9.47 Å². The summed E-state index contributed by atoms with van der Waals surface area (Å²) < 4.78 is 10.4. The molecular formula is C27H26N2O2. The van der Waals surface area contributed by atoms with Crippen molar-refractivity contribution in [1.82, 2.24) is 9.97 Å². The largest absolute Gasteiger partial charge is 0.497 e. The second-order valence-corrected chi connectivity index (χ2v) is 7.54. The lowest BCUT2D eigenvalue weighted by Crippen LogP contribution is -2.01. The first-order valence-electron chi connectivity index (χ1n) is 10.3. The Bertz CT molecular complexity index is 1100. The van der Waals surface area contributed by atoms with Crippen LogP contribution in [0.4, 0.5) is 0 Å². The van der Waals surface area contributed by atoms with Crippen molar-refractivity contribution in [3.05, 3.63) is 102 Å². The number of rotatable bonds is 7. The summed E-state index contributed by atoms with van der Waals surface area (Å²) in [4.78, 5) is 9.15. The van der Waals surface area contributed by atoms with Gasteiger partial charge in [-0.25, -0.2) is 9.97 Å². The molecule has 0 radical (unpaired) electrons. The van der Waals surface area contributed by atoms with Crippen LogP contribution in [0.5, 0.6) is 5.75 Å². The van der Waals surface area contributed by atoms with Crippen molar-refractivity contribution in [1.29, 1.82) is 0 Å². The molecule has 0 aliphatic heterocycles. The highest BCUT2D eigenvalue weighted by Gasteiger charge is 2.14. The summed E-state index contributed by atoms with van der Waals surface area (Å²) in [5.74, 6) is 1.83. The van der Waals surface area contributed by atoms with Gasteiger partial charge in [0.25, 0.3) is 0 Å². The first kappa shape index (κ1) is 20.8. The van der Waals surface area contributed by atoms with Gasteiger partial charge >= 0.3 is 0 Å². The van der Waals surface area contributed by atoms with Crippen molar-refractivity contribution >= 4 is 11.1 Å². The number of hydrogen-bond acceptors (Lipinski definition) is 4. The molecule has 1 aliphatic rings. The molecule has 156 valence electrons. The van der Waals surface area contributed by atoms with Crippen molar-refractivity contribution in [2.24, 2.45) is 0 Å². The van der Waals surface area contributed by atoms with Gasteiger partial charge in [-0.2, -0.15) is 0 Å². The Morgan fingerprint density at radius 1 is 0.968 bits per heavy atom. The third-order valence-electron chi connectivity index (χ3n) is 5.49. The molecule has 1 atom stereocenters. The number of allylic oxidation sites excluding steroid dienone is 4. The second kappa shape index (κ2) is 9.54. The minimum atomic E-state index is 0.287. The third-order valence-corrected chi connectivity index (χ3v) is 5.49. The molecule has 0 N–H and O–H groups in total. The van der Waals surface area contributed by atoms with Gasteiger partial charge in [0.2, 0.25) is 0 Å². The van der Waals surface area contributed by atoms with Gasteiger partial charge in [-0.3, -0.25) is 0 Å². The highest BCUT2D eigenvalue weighted by molar-refractivity contribution is 5.77. The molecule has 0 spiro atoms. The molecule has 4 heteroatoms. The van der Waals surface area contributed by atoms with E-state index in [0.29, 0.717) is 6.61 Å². The fraction of sp³-hybridized carbons (Fsp3) is 0.185. The van der Waals surface area contributed by atoms with Crippen LogP contribution in [0.25, 0.3) is 22.5 Å². The Balaban J connectivity index is 1.42. The predicted molar refractivity (Wildman–Crippen MR) is 126 cm³/mol. The molecule has 1 aromatic heterocycles. The van der Waals surface area contributed by atoms with Gasteiger partial charge in [0, 0.05) is 31.0 Å². The maximum absolute atomic E-state index is 5.21. The molecule has 4 nitrogen and oxygen atoms in total. The van der Waals surface area contributed by atoms with Gasteiger partial charge in [-0.05, 0) is 58.5 Å². The molecule has 0 fully saturated rings. The van der Waals surface area contributed by atoms with E-state index in [9.17, 15) is 0 Å². The molecule has 3 aromatic rings. The monoisotopic (exact) mass is 410 g/mol. The highest BCUT2D eigenvalue weighted by Crippen LogP contribution is 2.31. The van der Waals surface area contributed by atoms with E-state index in [2.05, 4.69) is 59.0 Å². The van der Waals surface area contributed by atoms with Gasteiger partial charge in [-0.15, -0.1) is 0 Å². The van der Waals surface area contributed by atoms with Crippen LogP contribution in [-0.2, 0) is 4.74 Å². The SMILES string of the molecule is C=C(COC)c1ccc(C2=CCC(c3cnc(-c4ccc(OC)cc4)nc3)C=C2)cc1. The topological polar surface area (TPSA) is 44.2 Å². The van der Waals surface area contributed by atoms with Crippen molar-refractivity contribution in [3.63, 3.8) is 0 Å². The maximum Gasteiger partial charge on any atom is 0.159 e. The highest BCUT2D eigenvalue weighted by atomic mass is 16.5. The zero-order valence-electron chi connectivity index (χ0n) is 17.9. The van der Waals surface area contributed by atoms with Crippen LogP contribution in [-0.4, -0.2) is 30.8 Å². The van der Waals surface area contributed by atoms with Crippen molar-refractivity contribution < 1.29 is 9.47 Å². The van der Waals surface area contributed by atoms with E-state index in [0.717, 1.165) is 40.3 Å². The Labute approximate surface area is 183 Å². The summed E-state index contributed by atoms with van der Waals surface area (Å²) in [5, 5.41) is 0. The number of nitrogens with zero attached hydrogens (tertiary/aromatic N) is 2. The van der Waals surface area contributed by atoms with Gasteiger partial charge in [0.05, 0.1) is 13.7 Å². The summed E-state index contributed by atoms with van der Waals surface area (Å²) >= 11 is 0. The van der Waals surface area contributed by atoms with E-state index >= 15 is 0 Å². The summed E-state index contributed by atoms with van der Waals surface area (Å²) in [6.45, 7) is 4.61. The van der Waals surface area contributed by atoms with Crippen LogP contribution >= 0.6 is 0 Å². The fourth-order valence-corrected chi connectivity index (χ4v) is 3.66. The average molecular weight is 411 g/mol. The summed E-state index contributed by atoms with van der Waals surface area (Å²) in [5.41, 5.74) is 6.63. The maximum atomic E-state index is 5.21. The van der Waals surface area contributed by atoms with Crippen LogP contribution in [0.1, 0.15) is 29.0 Å². The number of hydrogen-bond donors (Lipinski definition) is 0. The molecule has 0 saturated heterocycles. The quantitative estimate of drug-likeness (QED) is 0.484. The van der Waals surface area contributed by atoms with E-state index in [1.54, 1.807) is 14.2 Å². The second-order valence-electron chi connectivity index (χ2n) is 7.54. The van der Waals surface area contributed by atoms with Crippen LogP contribution in [0.3, 0.4) is 0 Å². The first-order chi connectivity index (χ1) is 15.2. The molecule has 31 heavy (non-hydrogen) atoms. The van der Waals surface area contributed by atoms with E-state index in [-0.39, 0.29) is 5.92 Å². The molecule has 0 saturated carbocycles. The number of aromatic nitrogens is 2. The normalized spacial score (nSPS) is 15.4. The summed E-state index contributed by atoms with van der Waals surface area (Å²) in [6, 6.07) is 16.3. The zero-order chi connectivity index (χ0) is 21.6. The molecule has 0 amide bonds. The van der Waals surface area contributed by atoms with Gasteiger partial charge in [0.15, 0.2) is 5.82 Å². The van der Waals surface area contributed by atoms with E-state index in [4.69, 9.17) is 9.47 Å². The Hall–Kier alpha value is -3.50. The zero-order valence-corrected chi connectivity index (χ0v) is 17.9. The minimum Gasteiger partial charge on any atom is -0.497 e. The summed E-state index contributed by atoms with van der Waals surface area (Å²) in [6.07, 6.45) is 11.5. The molecule has 4 rings (SSSR count). The van der Waals surface area contributed by atoms with Crippen LogP contribution < -0.4 is 4.74 Å². The molecule has 1 heterocycles. The first-order valence-corrected chi connectivity index (χ1v) is 10.3. The van der Waals surface area contributed by atoms with Crippen LogP contribution in [0, 0.1) is 0 Å². The molecule has 0 bridgehead atoms. The predicted octanol–water partition coefficient (Wildman–Crippen LogP) is 5.94. The number of ether oxygens (including phenoxy) is 2. The van der Waals surface area contributed by atoms with E-state index in [1.807, 2.05) is 36.7 Å². The molecular weight excluding hydrogens is 384 g/mol. The lowest BCUT2D eigenvalue weighted by molar-refractivity contribution is 0.240. The van der Waals surface area contributed by atoms with Crippen molar-refractivity contribution in [2.75, 3.05) is 20.8 Å². The fourth-order valence-electron chi connectivity index (χ4n) is 3.66. The Kier molecular flexibility index (Phi) is 6.39. The standard InChI is InChI=1S/C27H26N2O2/c1-19(18-30-2)20-4-6-21(7-5-20)22-8-10-23(11-9-22)25-16-28-27(29-17-25)24-12-14-26(31-3)15-13-24/h4-10,12-17,23H,1,11,18H2,2-3H3. The Morgan fingerprint density at radius 2 is 1.65 bits per heavy atom. The molecule has 2 aromatic carbocycles. The summed E-state index contributed by atoms with van der Waals surface area (Å²) in [7, 11) is 3.35. The third kappa shape index (κ3) is 4.81. The van der Waals surface area contributed by atoms with Crippen LogP contribution in [0.2, 0.25) is 0 Å². The average Bonchev–Trinajstić information content (AvgIpc) is 2.85. The van der Waals surface area contributed by atoms with Crippen LogP contribution in [0.15, 0.2) is 85.7 Å². The van der Waals surface area contributed by atoms with Gasteiger partial charge in [0.1, 0.15) is 5.75 Å². The molecule has 1 aliphatic carbocycles. The van der Waals surface area contributed by atoms with Gasteiger partial charge in [-0.1, -0.05) is 49.1 Å². The number of benzene rings is 2. The minimum absolute atomic E-state index is 0.287. The van der Waals surface area contributed by atoms with Crippen molar-refractivity contribution in [2.45, 2.75) is 12.3 Å². The lowest BCUT2D eigenvalue weighted by atomic mass is 9.89. The number of methoxy groups -OCH3 is 2. The Morgan fingerprint density at radius 3 is 2.23 bits per heavy atom.